The number of amides is 4. The predicted molar refractivity (Wildman–Crippen MR) is 206 cm³/mol. The molecule has 2 aromatic carbocycles. The third-order valence-corrected chi connectivity index (χ3v) is 11.8. The smallest absolute Gasteiger partial charge is 0.352 e. The van der Waals surface area contributed by atoms with Crippen LogP contribution in [0.25, 0.3) is 0 Å². The third-order valence-electron chi connectivity index (χ3n) is 8.44. The number of aliphatic carboxylic acids is 1. The SMILES string of the molecule is CN(C)CCn1nnnc1SCC1=C(C(=O)O)N2C(=O)C(NC(=O)C(NC(=O)Nc3cnc(Nc4ccc(S(N)(=O)=O)cc4)[nH]c3=O)c3ccc(O)cc3)[C@@H]2SC1. The lowest BCUT2D eigenvalue weighted by molar-refractivity contribution is -0.150. The molecule has 25 heteroatoms. The maximum absolute atomic E-state index is 13.8. The number of aromatic nitrogens is 6. The monoisotopic (exact) mass is 841 g/mol. The number of likely N-dealkylation sites (N-methyl/N-ethyl adjacent to an activating group) is 1. The van der Waals surface area contributed by atoms with E-state index in [9.17, 15) is 42.6 Å². The molecule has 1 fully saturated rings. The van der Waals surface area contributed by atoms with Gasteiger partial charge in [0.25, 0.3) is 11.5 Å². The number of phenols is 1. The first-order valence-electron chi connectivity index (χ1n) is 16.7. The summed E-state index contributed by atoms with van der Waals surface area (Å²) in [5.74, 6) is -2.55. The van der Waals surface area contributed by atoms with Gasteiger partial charge in [-0.2, -0.15) is 0 Å². The number of phenolic OH excluding ortho intramolecular Hbond substituents is 1. The summed E-state index contributed by atoms with van der Waals surface area (Å²) in [5, 5.41) is 46.8. The van der Waals surface area contributed by atoms with Crippen molar-refractivity contribution >= 4 is 74.7 Å². The van der Waals surface area contributed by atoms with E-state index in [-0.39, 0.29) is 45.0 Å². The first-order valence-corrected chi connectivity index (χ1v) is 20.3. The van der Waals surface area contributed by atoms with Crippen LogP contribution in [-0.2, 0) is 31.0 Å². The van der Waals surface area contributed by atoms with E-state index in [1.54, 1.807) is 4.68 Å². The molecule has 9 N–H and O–H groups in total. The number of nitrogens with two attached hydrogens (primary N) is 1. The number of nitrogens with zero attached hydrogens (tertiary/aromatic N) is 7. The van der Waals surface area contributed by atoms with E-state index >= 15 is 0 Å². The topological polar surface area (TPSA) is 313 Å². The van der Waals surface area contributed by atoms with Crippen LogP contribution in [0.1, 0.15) is 11.6 Å². The van der Waals surface area contributed by atoms with Crippen LogP contribution < -0.4 is 32.0 Å². The number of thioether (sulfide) groups is 2. The Hall–Kier alpha value is -6.02. The molecular weight excluding hydrogens is 807 g/mol. The lowest BCUT2D eigenvalue weighted by Crippen LogP contribution is -2.71. The van der Waals surface area contributed by atoms with E-state index in [4.69, 9.17) is 5.14 Å². The standard InChI is InChI=1S/C32H35N13O9S3/c1-43(2)11-12-44-32(40-41-42-44)56-15-17-14-55-28-23(27(49)45(28)24(17)29(50)51)37-26(48)22(16-3-7-19(46)8-4-16)38-31(52)36-21-13-34-30(39-25(21)47)35-18-5-9-20(10-6-18)57(33,53)54/h3-10,13,22-23,28,46H,11-12,14-15H2,1-2H3,(H,37,48)(H,50,51)(H2,33,53,54)(H2,36,38,52)(H2,34,35,39,47)/t22?,23?,28-/m0/s1. The van der Waals surface area contributed by atoms with Gasteiger partial charge in [0.15, 0.2) is 0 Å². The second-order valence-corrected chi connectivity index (χ2v) is 16.3. The summed E-state index contributed by atoms with van der Waals surface area (Å²) in [4.78, 5) is 75.1. The lowest BCUT2D eigenvalue weighted by Gasteiger charge is -2.49. The molecule has 2 aliphatic heterocycles. The number of β-lactam (4-membered cyclic amide) rings is 1. The highest BCUT2D eigenvalue weighted by Crippen LogP contribution is 2.41. The van der Waals surface area contributed by atoms with Gasteiger partial charge in [-0.05, 0) is 72.1 Å². The summed E-state index contributed by atoms with van der Waals surface area (Å²) in [5.41, 5.74) is -0.233. The van der Waals surface area contributed by atoms with E-state index < -0.39 is 56.9 Å². The van der Waals surface area contributed by atoms with Crippen molar-refractivity contribution in [2.24, 2.45) is 5.14 Å². The van der Waals surface area contributed by atoms with Crippen molar-refractivity contribution in [1.82, 2.24) is 50.6 Å². The molecule has 4 heterocycles. The highest BCUT2D eigenvalue weighted by molar-refractivity contribution is 8.01. The number of rotatable bonds is 15. The molecule has 2 unspecified atom stereocenters. The van der Waals surface area contributed by atoms with Crippen LogP contribution >= 0.6 is 23.5 Å². The number of aromatic amines is 1. The molecule has 6 rings (SSSR count). The fourth-order valence-corrected chi connectivity index (χ4v) is 8.49. The number of carboxylic acids is 1. The Bertz CT molecular complexity index is 2390. The number of H-pyrrole nitrogens is 1. The van der Waals surface area contributed by atoms with Gasteiger partial charge in [-0.15, -0.1) is 16.9 Å². The zero-order valence-corrected chi connectivity index (χ0v) is 32.4. The van der Waals surface area contributed by atoms with E-state index in [1.165, 1.54) is 72.1 Å². The first-order chi connectivity index (χ1) is 27.1. The molecule has 0 spiro atoms. The maximum atomic E-state index is 13.8. The van der Waals surface area contributed by atoms with Gasteiger partial charge in [0.1, 0.15) is 34.6 Å². The van der Waals surface area contributed by atoms with Crippen LogP contribution in [0.3, 0.4) is 0 Å². The molecule has 2 aliphatic rings. The van der Waals surface area contributed by atoms with Crippen LogP contribution in [-0.4, -0.2) is 126 Å². The number of aromatic hydroxyl groups is 1. The molecule has 300 valence electrons. The predicted octanol–water partition coefficient (Wildman–Crippen LogP) is -0.192. The Kier molecular flexibility index (Phi) is 12.1. The van der Waals surface area contributed by atoms with E-state index in [1.807, 2.05) is 19.0 Å². The Balaban J connectivity index is 1.12. The molecule has 4 amide bonds. The van der Waals surface area contributed by atoms with Crippen molar-refractivity contribution in [3.8, 4) is 5.75 Å². The number of benzene rings is 2. The Morgan fingerprint density at radius 1 is 1.12 bits per heavy atom. The lowest BCUT2D eigenvalue weighted by atomic mass is 10.0. The molecule has 22 nitrogen and oxygen atoms in total. The van der Waals surface area contributed by atoms with Gasteiger partial charge in [0.05, 0.1) is 17.6 Å². The Morgan fingerprint density at radius 2 is 1.84 bits per heavy atom. The summed E-state index contributed by atoms with van der Waals surface area (Å²) in [6.07, 6.45) is 1.05. The van der Waals surface area contributed by atoms with Gasteiger partial charge in [-0.3, -0.25) is 24.3 Å². The van der Waals surface area contributed by atoms with Crippen molar-refractivity contribution in [3.05, 3.63) is 81.9 Å². The molecule has 57 heavy (non-hydrogen) atoms. The number of hydrogen-bond donors (Lipinski definition) is 8. The molecule has 0 saturated carbocycles. The highest BCUT2D eigenvalue weighted by atomic mass is 32.2. The van der Waals surface area contributed by atoms with Gasteiger partial charge < -0.3 is 36.4 Å². The number of carbonyl (C=O) groups excluding carboxylic acids is 3. The third kappa shape index (κ3) is 9.51. The van der Waals surface area contributed by atoms with Crippen molar-refractivity contribution in [2.75, 3.05) is 42.8 Å². The average molecular weight is 842 g/mol. The zero-order chi connectivity index (χ0) is 41.0. The van der Waals surface area contributed by atoms with Crippen LogP contribution in [0.5, 0.6) is 5.75 Å². The second-order valence-electron chi connectivity index (χ2n) is 12.7. The molecule has 0 aliphatic carbocycles. The molecule has 3 atom stereocenters. The molecular formula is C32H35N13O9S3. The molecule has 2 aromatic heterocycles. The van der Waals surface area contributed by atoms with Gasteiger partial charge in [-0.25, -0.2) is 32.8 Å². The van der Waals surface area contributed by atoms with Gasteiger partial charge in [-0.1, -0.05) is 23.9 Å². The zero-order valence-electron chi connectivity index (χ0n) is 29.9. The summed E-state index contributed by atoms with van der Waals surface area (Å²) in [6.45, 7) is 1.20. The first kappa shape index (κ1) is 40.6. The number of primary sulfonamides is 1. The number of urea groups is 1. The summed E-state index contributed by atoms with van der Waals surface area (Å²) in [6, 6.07) is 7.04. The highest BCUT2D eigenvalue weighted by Gasteiger charge is 2.54. The summed E-state index contributed by atoms with van der Waals surface area (Å²) in [7, 11) is -0.0904. The normalized spacial score (nSPS) is 17.1. The minimum absolute atomic E-state index is 0.0420. The fraction of sp³-hybridized carbons (Fsp3) is 0.281. The number of carboxylic acid groups (broad SMARTS) is 1. The van der Waals surface area contributed by atoms with Crippen molar-refractivity contribution in [2.45, 2.75) is 34.1 Å². The van der Waals surface area contributed by atoms with Crippen LogP contribution in [0, 0.1) is 0 Å². The second kappa shape index (κ2) is 17.0. The van der Waals surface area contributed by atoms with E-state index in [0.717, 1.165) is 11.1 Å². The minimum atomic E-state index is -3.91. The van der Waals surface area contributed by atoms with Crippen LogP contribution in [0.2, 0.25) is 0 Å². The number of nitrogens with one attached hydrogen (secondary N) is 5. The van der Waals surface area contributed by atoms with E-state index in [0.29, 0.717) is 29.5 Å². The molecule has 0 bridgehead atoms. The van der Waals surface area contributed by atoms with E-state index in [2.05, 4.69) is 46.8 Å². The maximum Gasteiger partial charge on any atom is 0.352 e. The van der Waals surface area contributed by atoms with Gasteiger partial charge in [0, 0.05) is 23.7 Å². The molecule has 4 aromatic rings. The number of anilines is 3. The minimum Gasteiger partial charge on any atom is -0.508 e. The summed E-state index contributed by atoms with van der Waals surface area (Å²) >= 11 is 2.50. The number of sulfonamides is 1. The number of tetrazole rings is 1. The van der Waals surface area contributed by atoms with Gasteiger partial charge >= 0.3 is 12.0 Å². The van der Waals surface area contributed by atoms with Crippen LogP contribution in [0.15, 0.2) is 80.8 Å². The number of carbonyl (C=O) groups is 4. The Morgan fingerprint density at radius 3 is 2.49 bits per heavy atom. The summed E-state index contributed by atoms with van der Waals surface area (Å²) < 4.78 is 24.6. The van der Waals surface area contributed by atoms with Gasteiger partial charge in [0.2, 0.25) is 27.0 Å². The molecule has 0 radical (unpaired) electrons. The van der Waals surface area contributed by atoms with Crippen LogP contribution in [0.4, 0.5) is 22.1 Å². The van der Waals surface area contributed by atoms with Crippen molar-refractivity contribution in [3.63, 3.8) is 0 Å². The quantitative estimate of drug-likeness (QED) is 0.0568. The number of fused-ring (bicyclic) bond motifs is 1. The fourth-order valence-electron chi connectivity index (χ4n) is 5.59. The van der Waals surface area contributed by atoms with Crippen molar-refractivity contribution < 1.29 is 37.8 Å². The Labute approximate surface area is 331 Å². The number of hydrogen-bond acceptors (Lipinski definition) is 16. The molecule has 1 saturated heterocycles. The van der Waals surface area contributed by atoms with Crippen molar-refractivity contribution in [1.29, 1.82) is 0 Å². The largest absolute Gasteiger partial charge is 0.508 e. The average Bonchev–Trinajstić information content (AvgIpc) is 3.62.